The molecule has 0 spiro atoms. The minimum absolute atomic E-state index is 0.597. The standard InChI is InChI=1S/C15H19N3/c1-2-5-12(6-3-1)9-14-11-17-18-15(14)13-7-4-8-16-10-13/h1-3,5-6,11,13,16H,4,7-10H2,(H,17,18)/t13-/m1/s1. The summed E-state index contributed by atoms with van der Waals surface area (Å²) in [7, 11) is 0. The molecule has 3 rings (SSSR count). The van der Waals surface area contributed by atoms with Crippen LogP contribution in [-0.2, 0) is 6.42 Å². The summed E-state index contributed by atoms with van der Waals surface area (Å²) in [4.78, 5) is 0. The van der Waals surface area contributed by atoms with Crippen LogP contribution < -0.4 is 5.32 Å². The van der Waals surface area contributed by atoms with Gasteiger partial charge in [0.1, 0.15) is 0 Å². The Labute approximate surface area is 108 Å². The third-order valence-corrected chi connectivity index (χ3v) is 3.69. The van der Waals surface area contributed by atoms with Crippen molar-refractivity contribution in [2.75, 3.05) is 13.1 Å². The van der Waals surface area contributed by atoms with Gasteiger partial charge in [-0.1, -0.05) is 30.3 Å². The number of H-pyrrole nitrogens is 1. The van der Waals surface area contributed by atoms with E-state index in [9.17, 15) is 0 Å². The Morgan fingerprint density at radius 3 is 2.89 bits per heavy atom. The molecule has 18 heavy (non-hydrogen) atoms. The molecule has 2 N–H and O–H groups in total. The van der Waals surface area contributed by atoms with Crippen molar-refractivity contribution in [1.82, 2.24) is 15.5 Å². The lowest BCUT2D eigenvalue weighted by Gasteiger charge is -2.22. The highest BCUT2D eigenvalue weighted by molar-refractivity contribution is 5.29. The molecule has 1 fully saturated rings. The van der Waals surface area contributed by atoms with E-state index in [2.05, 4.69) is 45.8 Å². The summed E-state index contributed by atoms with van der Waals surface area (Å²) in [6.07, 6.45) is 5.48. The Hall–Kier alpha value is -1.61. The molecule has 2 aromatic rings. The van der Waals surface area contributed by atoms with Gasteiger partial charge >= 0.3 is 0 Å². The summed E-state index contributed by atoms with van der Waals surface area (Å²) in [5, 5.41) is 10.9. The Kier molecular flexibility index (Phi) is 3.42. The fourth-order valence-electron chi connectivity index (χ4n) is 2.73. The van der Waals surface area contributed by atoms with Crippen molar-refractivity contribution in [2.24, 2.45) is 0 Å². The number of nitrogens with zero attached hydrogens (tertiary/aromatic N) is 1. The van der Waals surface area contributed by atoms with E-state index in [0.717, 1.165) is 19.5 Å². The number of aromatic nitrogens is 2. The highest BCUT2D eigenvalue weighted by Gasteiger charge is 2.19. The number of hydrogen-bond donors (Lipinski definition) is 2. The van der Waals surface area contributed by atoms with Gasteiger partial charge in [-0.05, 0) is 30.5 Å². The van der Waals surface area contributed by atoms with Crippen molar-refractivity contribution in [1.29, 1.82) is 0 Å². The van der Waals surface area contributed by atoms with Crippen LogP contribution in [0.4, 0.5) is 0 Å². The second-order valence-electron chi connectivity index (χ2n) is 5.01. The van der Waals surface area contributed by atoms with Crippen LogP contribution in [0.3, 0.4) is 0 Å². The van der Waals surface area contributed by atoms with Gasteiger partial charge in [0.05, 0.1) is 6.20 Å². The van der Waals surface area contributed by atoms with E-state index in [1.807, 2.05) is 6.20 Å². The van der Waals surface area contributed by atoms with Gasteiger partial charge < -0.3 is 5.32 Å². The number of hydrogen-bond acceptors (Lipinski definition) is 2. The lowest BCUT2D eigenvalue weighted by atomic mass is 9.92. The number of piperidine rings is 1. The van der Waals surface area contributed by atoms with E-state index in [0.29, 0.717) is 5.92 Å². The average molecular weight is 241 g/mol. The predicted octanol–water partition coefficient (Wildman–Crippen LogP) is 2.47. The van der Waals surface area contributed by atoms with E-state index in [1.54, 1.807) is 0 Å². The first-order chi connectivity index (χ1) is 8.93. The molecule has 1 atom stereocenters. The fourth-order valence-corrected chi connectivity index (χ4v) is 2.73. The van der Waals surface area contributed by atoms with Crippen LogP contribution >= 0.6 is 0 Å². The average Bonchev–Trinajstić information content (AvgIpc) is 2.89. The van der Waals surface area contributed by atoms with Gasteiger partial charge in [-0.25, -0.2) is 0 Å². The first-order valence-electron chi connectivity index (χ1n) is 6.70. The summed E-state index contributed by atoms with van der Waals surface area (Å²) in [6, 6.07) is 10.6. The van der Waals surface area contributed by atoms with Crippen LogP contribution in [0.2, 0.25) is 0 Å². The number of nitrogens with one attached hydrogen (secondary N) is 2. The molecule has 0 unspecified atom stereocenters. The Morgan fingerprint density at radius 2 is 2.11 bits per heavy atom. The molecule has 0 aliphatic carbocycles. The highest BCUT2D eigenvalue weighted by Crippen LogP contribution is 2.25. The second-order valence-corrected chi connectivity index (χ2v) is 5.01. The molecule has 0 bridgehead atoms. The van der Waals surface area contributed by atoms with E-state index >= 15 is 0 Å². The Morgan fingerprint density at radius 1 is 1.22 bits per heavy atom. The Balaban J connectivity index is 1.78. The van der Waals surface area contributed by atoms with E-state index in [-0.39, 0.29) is 0 Å². The maximum absolute atomic E-state index is 4.24. The molecule has 3 heteroatoms. The molecule has 1 aliphatic heterocycles. The number of rotatable bonds is 3. The molecule has 94 valence electrons. The fraction of sp³-hybridized carbons (Fsp3) is 0.400. The van der Waals surface area contributed by atoms with Crippen molar-refractivity contribution >= 4 is 0 Å². The largest absolute Gasteiger partial charge is 0.316 e. The van der Waals surface area contributed by atoms with Crippen LogP contribution in [0.25, 0.3) is 0 Å². The molecular formula is C15H19N3. The first-order valence-corrected chi connectivity index (χ1v) is 6.70. The molecule has 2 heterocycles. The Bertz CT molecular complexity index is 483. The second kappa shape index (κ2) is 5.36. The molecule has 3 nitrogen and oxygen atoms in total. The molecular weight excluding hydrogens is 222 g/mol. The first kappa shape index (κ1) is 11.5. The molecule has 1 aromatic carbocycles. The minimum atomic E-state index is 0.597. The number of benzene rings is 1. The van der Waals surface area contributed by atoms with Crippen LogP contribution in [0.15, 0.2) is 36.5 Å². The quantitative estimate of drug-likeness (QED) is 0.866. The topological polar surface area (TPSA) is 40.7 Å². The zero-order valence-corrected chi connectivity index (χ0v) is 10.5. The van der Waals surface area contributed by atoms with Gasteiger partial charge in [0.25, 0.3) is 0 Å². The number of aromatic amines is 1. The van der Waals surface area contributed by atoms with Crippen LogP contribution in [0.1, 0.15) is 35.6 Å². The zero-order chi connectivity index (χ0) is 12.2. The SMILES string of the molecule is c1ccc(Cc2cn[nH]c2[C@@H]2CCCNC2)cc1. The van der Waals surface area contributed by atoms with Gasteiger partial charge in [-0.3, -0.25) is 5.10 Å². The summed E-state index contributed by atoms with van der Waals surface area (Å²) < 4.78 is 0. The highest BCUT2D eigenvalue weighted by atomic mass is 15.1. The third kappa shape index (κ3) is 2.46. The predicted molar refractivity (Wildman–Crippen MR) is 72.7 cm³/mol. The zero-order valence-electron chi connectivity index (χ0n) is 10.5. The lowest BCUT2D eigenvalue weighted by Crippen LogP contribution is -2.29. The van der Waals surface area contributed by atoms with Gasteiger partial charge in [0.15, 0.2) is 0 Å². The van der Waals surface area contributed by atoms with E-state index < -0.39 is 0 Å². The third-order valence-electron chi connectivity index (χ3n) is 3.69. The maximum atomic E-state index is 4.24. The van der Waals surface area contributed by atoms with Gasteiger partial charge in [-0.2, -0.15) is 5.10 Å². The maximum Gasteiger partial charge on any atom is 0.0525 e. The van der Waals surface area contributed by atoms with Crippen molar-refractivity contribution in [3.8, 4) is 0 Å². The van der Waals surface area contributed by atoms with Crippen LogP contribution in [0.5, 0.6) is 0 Å². The lowest BCUT2D eigenvalue weighted by molar-refractivity contribution is 0.452. The molecule has 1 aromatic heterocycles. The van der Waals surface area contributed by atoms with Gasteiger partial charge in [0.2, 0.25) is 0 Å². The normalized spacial score (nSPS) is 19.9. The van der Waals surface area contributed by atoms with Crippen molar-refractivity contribution in [2.45, 2.75) is 25.2 Å². The monoisotopic (exact) mass is 241 g/mol. The summed E-state index contributed by atoms with van der Waals surface area (Å²) in [5.41, 5.74) is 4.02. The van der Waals surface area contributed by atoms with Gasteiger partial charge in [-0.15, -0.1) is 0 Å². The smallest absolute Gasteiger partial charge is 0.0525 e. The minimum Gasteiger partial charge on any atom is -0.316 e. The molecule has 1 aliphatic rings. The van der Waals surface area contributed by atoms with Crippen molar-refractivity contribution in [3.05, 3.63) is 53.3 Å². The van der Waals surface area contributed by atoms with Crippen molar-refractivity contribution in [3.63, 3.8) is 0 Å². The van der Waals surface area contributed by atoms with Crippen LogP contribution in [0, 0.1) is 0 Å². The molecule has 0 saturated carbocycles. The summed E-state index contributed by atoms with van der Waals surface area (Å²) in [6.45, 7) is 2.22. The summed E-state index contributed by atoms with van der Waals surface area (Å²) in [5.74, 6) is 0.597. The van der Waals surface area contributed by atoms with Gasteiger partial charge in [0, 0.05) is 24.6 Å². The molecule has 0 amide bonds. The summed E-state index contributed by atoms with van der Waals surface area (Å²) >= 11 is 0. The molecule has 0 radical (unpaired) electrons. The van der Waals surface area contributed by atoms with Crippen LogP contribution in [-0.4, -0.2) is 23.3 Å². The van der Waals surface area contributed by atoms with Crippen molar-refractivity contribution < 1.29 is 0 Å². The van der Waals surface area contributed by atoms with E-state index in [4.69, 9.17) is 0 Å². The molecule has 1 saturated heterocycles. The van der Waals surface area contributed by atoms with E-state index in [1.165, 1.54) is 29.7 Å².